The normalized spacial score (nSPS) is 36.6. The van der Waals surface area contributed by atoms with Gasteiger partial charge in [-0.2, -0.15) is 0 Å². The Morgan fingerprint density at radius 2 is 2.22 bits per heavy atom. The highest BCUT2D eigenvalue weighted by molar-refractivity contribution is 5.74. The first-order chi connectivity index (χ1) is 8.74. The smallest absolute Gasteiger partial charge is 0.313 e. The fraction of sp³-hybridized carbons (Fsp3) is 0.929. The van der Waals surface area contributed by atoms with Crippen LogP contribution in [0.3, 0.4) is 0 Å². The topological polar surface area (TPSA) is 47.6 Å². The molecule has 2 aliphatic rings. The maximum absolute atomic E-state index is 12.1. The number of ether oxygens (including phenoxy) is 2. The Kier molecular flexibility index (Phi) is 5.01. The lowest BCUT2D eigenvalue weighted by molar-refractivity contribution is -0.156. The first kappa shape index (κ1) is 13.8. The quantitative estimate of drug-likeness (QED) is 0.777. The minimum atomic E-state index is -0.128. The molecule has 0 spiro atoms. The van der Waals surface area contributed by atoms with Crippen LogP contribution in [-0.4, -0.2) is 38.4 Å². The van der Waals surface area contributed by atoms with Crippen LogP contribution in [0.15, 0.2) is 0 Å². The highest BCUT2D eigenvalue weighted by atomic mass is 16.5. The lowest BCUT2D eigenvalue weighted by Crippen LogP contribution is -2.39. The Labute approximate surface area is 109 Å². The van der Waals surface area contributed by atoms with Gasteiger partial charge < -0.3 is 14.8 Å². The highest BCUT2D eigenvalue weighted by Gasteiger charge is 2.36. The fourth-order valence-electron chi connectivity index (χ4n) is 3.04. The Morgan fingerprint density at radius 3 is 2.94 bits per heavy atom. The van der Waals surface area contributed by atoms with Crippen LogP contribution in [0.4, 0.5) is 0 Å². The molecular weight excluding hydrogens is 230 g/mol. The minimum absolute atomic E-state index is 0.0754. The maximum Gasteiger partial charge on any atom is 0.313 e. The van der Waals surface area contributed by atoms with Crippen molar-refractivity contribution in [2.24, 2.45) is 11.8 Å². The van der Waals surface area contributed by atoms with Crippen LogP contribution in [-0.2, 0) is 14.3 Å². The second-order valence-corrected chi connectivity index (χ2v) is 5.54. The van der Waals surface area contributed by atoms with Crippen LogP contribution in [0.5, 0.6) is 0 Å². The number of rotatable bonds is 4. The van der Waals surface area contributed by atoms with Gasteiger partial charge in [0.2, 0.25) is 0 Å². The summed E-state index contributed by atoms with van der Waals surface area (Å²) in [5.41, 5.74) is 0. The number of likely N-dealkylation sites (N-methyl/N-ethyl adjacent to an activating group) is 1. The number of hydrogen-bond acceptors (Lipinski definition) is 4. The van der Waals surface area contributed by atoms with E-state index in [4.69, 9.17) is 9.47 Å². The maximum atomic E-state index is 12.1. The van der Waals surface area contributed by atoms with Crippen LogP contribution in [0, 0.1) is 11.8 Å². The molecule has 1 saturated heterocycles. The Morgan fingerprint density at radius 1 is 1.39 bits per heavy atom. The number of esters is 1. The van der Waals surface area contributed by atoms with Crippen molar-refractivity contribution < 1.29 is 14.3 Å². The molecule has 2 rings (SSSR count). The van der Waals surface area contributed by atoms with Crippen LogP contribution < -0.4 is 5.32 Å². The molecule has 0 amide bonds. The lowest BCUT2D eigenvalue weighted by atomic mass is 9.85. The van der Waals surface area contributed by atoms with Gasteiger partial charge >= 0.3 is 5.97 Å². The van der Waals surface area contributed by atoms with E-state index in [9.17, 15) is 4.79 Å². The summed E-state index contributed by atoms with van der Waals surface area (Å²) in [6, 6.07) is 0.114. The monoisotopic (exact) mass is 255 g/mol. The molecule has 2 fully saturated rings. The molecule has 4 unspecified atom stereocenters. The van der Waals surface area contributed by atoms with Gasteiger partial charge in [0.1, 0.15) is 6.10 Å². The van der Waals surface area contributed by atoms with E-state index >= 15 is 0 Å². The molecule has 1 heterocycles. The summed E-state index contributed by atoms with van der Waals surface area (Å²) in [6.07, 6.45) is 5.87. The van der Waals surface area contributed by atoms with Crippen molar-refractivity contribution in [3.63, 3.8) is 0 Å². The van der Waals surface area contributed by atoms with Crippen LogP contribution >= 0.6 is 0 Å². The van der Waals surface area contributed by atoms with Crippen molar-refractivity contribution in [2.45, 2.75) is 51.2 Å². The number of nitrogens with one attached hydrogen (secondary N) is 1. The zero-order chi connectivity index (χ0) is 13.0. The average molecular weight is 255 g/mol. The van der Waals surface area contributed by atoms with Crippen molar-refractivity contribution in [1.29, 1.82) is 0 Å². The molecule has 104 valence electrons. The van der Waals surface area contributed by atoms with Gasteiger partial charge in [0.05, 0.1) is 19.1 Å². The van der Waals surface area contributed by atoms with Gasteiger partial charge in [0.15, 0.2) is 0 Å². The molecule has 4 nitrogen and oxygen atoms in total. The molecule has 0 aromatic heterocycles. The summed E-state index contributed by atoms with van der Waals surface area (Å²) in [4.78, 5) is 12.1. The van der Waals surface area contributed by atoms with Gasteiger partial charge in [0, 0.05) is 6.04 Å². The molecular formula is C14H25NO3. The van der Waals surface area contributed by atoms with Crippen molar-refractivity contribution in [3.05, 3.63) is 0 Å². The molecule has 0 aromatic rings. The van der Waals surface area contributed by atoms with E-state index in [1.165, 1.54) is 19.3 Å². The number of carbonyl (C=O) groups excluding carboxylic acids is 1. The fourth-order valence-corrected chi connectivity index (χ4v) is 3.04. The summed E-state index contributed by atoms with van der Waals surface area (Å²) < 4.78 is 11.0. The summed E-state index contributed by atoms with van der Waals surface area (Å²) in [6.45, 7) is 3.32. The third kappa shape index (κ3) is 3.23. The Balaban J connectivity index is 1.83. The molecule has 1 aliphatic carbocycles. The molecule has 1 aliphatic heterocycles. The minimum Gasteiger partial charge on any atom is -0.462 e. The largest absolute Gasteiger partial charge is 0.462 e. The predicted octanol–water partition coefficient (Wildman–Crippen LogP) is 1.73. The summed E-state index contributed by atoms with van der Waals surface area (Å²) >= 11 is 0. The molecule has 0 radical (unpaired) electrons. The van der Waals surface area contributed by atoms with E-state index < -0.39 is 0 Å². The van der Waals surface area contributed by atoms with Crippen LogP contribution in [0.25, 0.3) is 0 Å². The molecule has 1 N–H and O–H groups in total. The SMILES string of the molecule is CCC1CCCC(OC(=O)C2COCC2NC)C1. The Hall–Kier alpha value is -0.610. The van der Waals surface area contributed by atoms with Gasteiger partial charge in [-0.3, -0.25) is 4.79 Å². The van der Waals surface area contributed by atoms with Gasteiger partial charge in [-0.05, 0) is 32.2 Å². The van der Waals surface area contributed by atoms with Gasteiger partial charge in [-0.15, -0.1) is 0 Å². The standard InChI is InChI=1S/C14H25NO3/c1-3-10-5-4-6-11(7-10)18-14(16)12-8-17-9-13(12)15-2/h10-13,15H,3-9H2,1-2H3. The zero-order valence-corrected chi connectivity index (χ0v) is 11.5. The van der Waals surface area contributed by atoms with E-state index in [0.29, 0.717) is 13.2 Å². The van der Waals surface area contributed by atoms with Crippen molar-refractivity contribution in [2.75, 3.05) is 20.3 Å². The van der Waals surface area contributed by atoms with Gasteiger partial charge in [0.25, 0.3) is 0 Å². The molecule has 4 atom stereocenters. The van der Waals surface area contributed by atoms with Crippen molar-refractivity contribution >= 4 is 5.97 Å². The van der Waals surface area contributed by atoms with Gasteiger partial charge in [-0.1, -0.05) is 19.8 Å². The third-order valence-corrected chi connectivity index (χ3v) is 4.35. The molecule has 4 heteroatoms. The first-order valence-corrected chi connectivity index (χ1v) is 7.20. The Bertz CT molecular complexity index is 282. The zero-order valence-electron chi connectivity index (χ0n) is 11.5. The second kappa shape index (κ2) is 6.53. The highest BCUT2D eigenvalue weighted by Crippen LogP contribution is 2.29. The summed E-state index contributed by atoms with van der Waals surface area (Å²) in [5, 5.41) is 3.13. The summed E-state index contributed by atoms with van der Waals surface area (Å²) in [5.74, 6) is 0.530. The van der Waals surface area contributed by atoms with E-state index in [1.54, 1.807) is 0 Å². The third-order valence-electron chi connectivity index (χ3n) is 4.35. The van der Waals surface area contributed by atoms with E-state index in [-0.39, 0.29) is 24.0 Å². The lowest BCUT2D eigenvalue weighted by Gasteiger charge is -2.29. The van der Waals surface area contributed by atoms with Crippen LogP contribution in [0.2, 0.25) is 0 Å². The molecule has 0 bridgehead atoms. The first-order valence-electron chi connectivity index (χ1n) is 7.20. The average Bonchev–Trinajstić information content (AvgIpc) is 2.87. The summed E-state index contributed by atoms with van der Waals surface area (Å²) in [7, 11) is 1.87. The predicted molar refractivity (Wildman–Crippen MR) is 69.3 cm³/mol. The van der Waals surface area contributed by atoms with Crippen molar-refractivity contribution in [3.8, 4) is 0 Å². The molecule has 0 aromatic carbocycles. The van der Waals surface area contributed by atoms with E-state index in [1.807, 2.05) is 7.05 Å². The number of carbonyl (C=O) groups is 1. The van der Waals surface area contributed by atoms with Crippen molar-refractivity contribution in [1.82, 2.24) is 5.32 Å². The van der Waals surface area contributed by atoms with Crippen LogP contribution in [0.1, 0.15) is 39.0 Å². The van der Waals surface area contributed by atoms with E-state index in [2.05, 4.69) is 12.2 Å². The van der Waals surface area contributed by atoms with Gasteiger partial charge in [-0.25, -0.2) is 0 Å². The molecule has 1 saturated carbocycles. The molecule has 18 heavy (non-hydrogen) atoms. The second-order valence-electron chi connectivity index (χ2n) is 5.54. The number of hydrogen-bond donors (Lipinski definition) is 1. The van der Waals surface area contributed by atoms with E-state index in [0.717, 1.165) is 18.8 Å².